The van der Waals surface area contributed by atoms with Gasteiger partial charge in [0.1, 0.15) is 0 Å². The Labute approximate surface area is 82.5 Å². The van der Waals surface area contributed by atoms with Crippen LogP contribution in [-0.2, 0) is 9.59 Å². The van der Waals surface area contributed by atoms with E-state index in [9.17, 15) is 14.4 Å². The van der Waals surface area contributed by atoms with Gasteiger partial charge in [0.25, 0.3) is 0 Å². The summed E-state index contributed by atoms with van der Waals surface area (Å²) >= 11 is 1.18. The normalized spacial score (nSPS) is 16.4. The lowest BCUT2D eigenvalue weighted by Gasteiger charge is -2.04. The van der Waals surface area contributed by atoms with Gasteiger partial charge >= 0.3 is 17.8 Å². The molecule has 72 valence electrons. The Kier molecular flexibility index (Phi) is 1.81. The molecule has 1 aliphatic rings. The van der Waals surface area contributed by atoms with E-state index in [2.05, 4.69) is 4.98 Å². The summed E-state index contributed by atoms with van der Waals surface area (Å²) in [7, 11) is 0. The van der Waals surface area contributed by atoms with Crippen LogP contribution in [0.4, 0.5) is 9.93 Å². The number of carbonyl (C=O) groups is 3. The minimum absolute atomic E-state index is 0.218. The molecule has 0 bridgehead atoms. The quantitative estimate of drug-likeness (QED) is 0.525. The van der Waals surface area contributed by atoms with Crippen molar-refractivity contribution in [2.45, 2.75) is 6.92 Å². The van der Waals surface area contributed by atoms with Crippen molar-refractivity contribution in [3.05, 3.63) is 11.1 Å². The third-order valence-electron chi connectivity index (χ3n) is 1.62. The Bertz CT molecular complexity index is 439. The number of anilines is 1. The van der Waals surface area contributed by atoms with Crippen molar-refractivity contribution < 1.29 is 14.4 Å². The molecule has 1 aliphatic heterocycles. The van der Waals surface area contributed by atoms with Gasteiger partial charge in [0.05, 0.1) is 0 Å². The van der Waals surface area contributed by atoms with Crippen molar-refractivity contribution in [3.8, 4) is 0 Å². The number of aryl methyl sites for hydroxylation is 1. The van der Waals surface area contributed by atoms with E-state index < -0.39 is 17.8 Å². The van der Waals surface area contributed by atoms with E-state index in [1.54, 1.807) is 6.92 Å². The van der Waals surface area contributed by atoms with Gasteiger partial charge in [0.15, 0.2) is 0 Å². The zero-order valence-corrected chi connectivity index (χ0v) is 7.92. The highest BCUT2D eigenvalue weighted by Crippen LogP contribution is 2.23. The van der Waals surface area contributed by atoms with Crippen LogP contribution in [0, 0.1) is 6.92 Å². The average Bonchev–Trinajstić information content (AvgIpc) is 2.60. The SMILES string of the molecule is Cc1cnc(N2C(=O)NC(=O)C2=O)s1. The fourth-order valence-electron chi connectivity index (χ4n) is 1.02. The van der Waals surface area contributed by atoms with Crippen LogP contribution in [0.3, 0.4) is 0 Å². The number of urea groups is 1. The molecule has 1 aromatic heterocycles. The first kappa shape index (κ1) is 8.82. The Hall–Kier alpha value is -1.76. The lowest BCUT2D eigenvalue weighted by molar-refractivity contribution is -0.134. The maximum atomic E-state index is 11.2. The summed E-state index contributed by atoms with van der Waals surface area (Å²) < 4.78 is 0. The van der Waals surface area contributed by atoms with Gasteiger partial charge in [-0.3, -0.25) is 14.9 Å². The molecule has 1 aromatic rings. The Morgan fingerprint density at radius 2 is 2.14 bits per heavy atom. The van der Waals surface area contributed by atoms with Crippen LogP contribution < -0.4 is 10.2 Å². The first-order chi connectivity index (χ1) is 6.59. The second-order valence-corrected chi connectivity index (χ2v) is 3.87. The van der Waals surface area contributed by atoms with Crippen molar-refractivity contribution in [3.63, 3.8) is 0 Å². The molecule has 7 heteroatoms. The molecule has 0 spiro atoms. The number of nitrogens with one attached hydrogen (secondary N) is 1. The molecule has 0 radical (unpaired) electrons. The number of amides is 4. The molecule has 0 atom stereocenters. The van der Waals surface area contributed by atoms with Gasteiger partial charge in [-0.25, -0.2) is 9.78 Å². The number of imide groups is 2. The van der Waals surface area contributed by atoms with Crippen LogP contribution in [0.25, 0.3) is 0 Å². The van der Waals surface area contributed by atoms with E-state index in [1.807, 2.05) is 5.32 Å². The number of thiazole rings is 1. The lowest BCUT2D eigenvalue weighted by Crippen LogP contribution is -2.30. The summed E-state index contributed by atoms with van der Waals surface area (Å²) in [6.07, 6.45) is 1.53. The highest BCUT2D eigenvalue weighted by molar-refractivity contribution is 7.16. The standard InChI is InChI=1S/C7H5N3O3S/c1-3-2-8-7(14-3)10-5(12)4(11)9-6(10)13/h2H,1H3,(H,9,11,13). The predicted octanol–water partition coefficient (Wildman–Crippen LogP) is 0.0343. The third kappa shape index (κ3) is 1.18. The maximum Gasteiger partial charge on any atom is 0.338 e. The summed E-state index contributed by atoms with van der Waals surface area (Å²) in [5, 5.41) is 2.11. The first-order valence-corrected chi connectivity index (χ1v) is 4.53. The topological polar surface area (TPSA) is 79.4 Å². The van der Waals surface area contributed by atoms with Gasteiger partial charge in [0, 0.05) is 11.1 Å². The van der Waals surface area contributed by atoms with E-state index in [4.69, 9.17) is 0 Å². The van der Waals surface area contributed by atoms with Crippen LogP contribution in [0.5, 0.6) is 0 Å². The fraction of sp³-hybridized carbons (Fsp3) is 0.143. The van der Waals surface area contributed by atoms with E-state index >= 15 is 0 Å². The lowest BCUT2D eigenvalue weighted by atomic mass is 10.6. The van der Waals surface area contributed by atoms with Crippen molar-refractivity contribution in [2.75, 3.05) is 4.90 Å². The van der Waals surface area contributed by atoms with E-state index in [-0.39, 0.29) is 5.13 Å². The first-order valence-electron chi connectivity index (χ1n) is 3.71. The second-order valence-electron chi connectivity index (χ2n) is 2.65. The Morgan fingerprint density at radius 3 is 2.57 bits per heavy atom. The highest BCUT2D eigenvalue weighted by atomic mass is 32.1. The van der Waals surface area contributed by atoms with Crippen LogP contribution in [0.2, 0.25) is 0 Å². The molecule has 0 aliphatic carbocycles. The average molecular weight is 211 g/mol. The van der Waals surface area contributed by atoms with Gasteiger partial charge in [-0.05, 0) is 6.92 Å². The summed E-state index contributed by atoms with van der Waals surface area (Å²) in [5.74, 6) is -1.80. The third-order valence-corrected chi connectivity index (χ3v) is 2.52. The molecular formula is C7H5N3O3S. The van der Waals surface area contributed by atoms with Gasteiger partial charge < -0.3 is 0 Å². The molecule has 1 N–H and O–H groups in total. The predicted molar refractivity (Wildman–Crippen MR) is 47.9 cm³/mol. The Morgan fingerprint density at radius 1 is 1.43 bits per heavy atom. The van der Waals surface area contributed by atoms with Crippen molar-refractivity contribution >= 4 is 34.3 Å². The second kappa shape index (κ2) is 2.88. The summed E-state index contributed by atoms with van der Waals surface area (Å²) in [5.41, 5.74) is 0. The zero-order valence-electron chi connectivity index (χ0n) is 7.10. The number of aromatic nitrogens is 1. The van der Waals surface area contributed by atoms with Crippen LogP contribution in [0.1, 0.15) is 4.88 Å². The molecule has 1 fully saturated rings. The van der Waals surface area contributed by atoms with E-state index in [1.165, 1.54) is 17.5 Å². The highest BCUT2D eigenvalue weighted by Gasteiger charge is 2.39. The minimum Gasteiger partial charge on any atom is -0.269 e. The number of nitrogens with zero attached hydrogens (tertiary/aromatic N) is 2. The van der Waals surface area contributed by atoms with Gasteiger partial charge in [-0.15, -0.1) is 11.3 Å². The van der Waals surface area contributed by atoms with Gasteiger partial charge in [0.2, 0.25) is 5.13 Å². The van der Waals surface area contributed by atoms with Crippen LogP contribution in [-0.4, -0.2) is 22.8 Å². The maximum absolute atomic E-state index is 11.2. The molecule has 2 rings (SSSR count). The van der Waals surface area contributed by atoms with E-state index in [0.29, 0.717) is 0 Å². The van der Waals surface area contributed by atoms with E-state index in [0.717, 1.165) is 9.78 Å². The molecular weight excluding hydrogens is 206 g/mol. The monoisotopic (exact) mass is 211 g/mol. The van der Waals surface area contributed by atoms with Crippen LogP contribution in [0.15, 0.2) is 6.20 Å². The number of rotatable bonds is 1. The van der Waals surface area contributed by atoms with Crippen molar-refractivity contribution in [2.24, 2.45) is 0 Å². The summed E-state index contributed by atoms with van der Waals surface area (Å²) in [6, 6.07) is -0.741. The van der Waals surface area contributed by atoms with Gasteiger partial charge in [-0.1, -0.05) is 0 Å². The molecule has 0 aromatic carbocycles. The number of hydrogen-bond donors (Lipinski definition) is 1. The largest absolute Gasteiger partial charge is 0.338 e. The number of hydrogen-bond acceptors (Lipinski definition) is 5. The molecule has 4 amide bonds. The Balaban J connectivity index is 2.40. The number of carbonyl (C=O) groups excluding carboxylic acids is 3. The smallest absolute Gasteiger partial charge is 0.269 e. The van der Waals surface area contributed by atoms with Crippen LogP contribution >= 0.6 is 11.3 Å². The summed E-state index contributed by atoms with van der Waals surface area (Å²) in [6.45, 7) is 1.79. The molecule has 6 nitrogen and oxygen atoms in total. The molecule has 0 unspecified atom stereocenters. The molecule has 0 saturated carbocycles. The van der Waals surface area contributed by atoms with Crippen molar-refractivity contribution in [1.29, 1.82) is 0 Å². The summed E-state index contributed by atoms with van der Waals surface area (Å²) in [4.78, 5) is 38.6. The minimum atomic E-state index is -0.914. The van der Waals surface area contributed by atoms with Crippen molar-refractivity contribution in [1.82, 2.24) is 10.3 Å². The zero-order chi connectivity index (χ0) is 10.3. The molecule has 14 heavy (non-hydrogen) atoms. The fourth-order valence-corrected chi connectivity index (χ4v) is 1.78. The molecule has 2 heterocycles. The molecule has 1 saturated heterocycles. The van der Waals surface area contributed by atoms with Gasteiger partial charge in [-0.2, -0.15) is 4.90 Å².